The smallest absolute Gasteiger partial charge is 0.274 e. The lowest BCUT2D eigenvalue weighted by Crippen LogP contribution is -2.48. The summed E-state index contributed by atoms with van der Waals surface area (Å²) in [6.45, 7) is 4.17. The summed E-state index contributed by atoms with van der Waals surface area (Å²) >= 11 is 0. The van der Waals surface area contributed by atoms with E-state index in [1.807, 2.05) is 11.0 Å². The summed E-state index contributed by atoms with van der Waals surface area (Å²) in [7, 11) is 0. The molecule has 0 atom stereocenters. The maximum atomic E-state index is 12.7. The Morgan fingerprint density at radius 2 is 1.74 bits per heavy atom. The van der Waals surface area contributed by atoms with Crippen LogP contribution >= 0.6 is 0 Å². The lowest BCUT2D eigenvalue weighted by atomic mass is 10.2. The Labute approximate surface area is 160 Å². The predicted octanol–water partition coefficient (Wildman–Crippen LogP) is 2.79. The standard InChI is InChI=1S/C21H27N5O/c27-21(19-14-23-20(15-22-19)24-18-8-4-5-9-18)26-12-10-25(11-13-26)16-17-6-2-1-3-7-17/h1-3,6-7,14-15,18H,4-5,8-13,16H2,(H,23,24). The minimum absolute atomic E-state index is 0.0192. The van der Waals surface area contributed by atoms with Crippen molar-refractivity contribution >= 4 is 11.7 Å². The number of benzene rings is 1. The molecule has 6 nitrogen and oxygen atoms in total. The fourth-order valence-electron chi connectivity index (χ4n) is 3.90. The van der Waals surface area contributed by atoms with Crippen molar-refractivity contribution in [1.82, 2.24) is 19.8 Å². The van der Waals surface area contributed by atoms with E-state index in [9.17, 15) is 4.79 Å². The van der Waals surface area contributed by atoms with Gasteiger partial charge in [-0.1, -0.05) is 43.2 Å². The van der Waals surface area contributed by atoms with Crippen molar-refractivity contribution < 1.29 is 4.79 Å². The average Bonchev–Trinajstić information content (AvgIpc) is 3.22. The number of hydrogen-bond acceptors (Lipinski definition) is 5. The average molecular weight is 365 g/mol. The van der Waals surface area contributed by atoms with Crippen LogP contribution in [0.15, 0.2) is 42.7 Å². The first-order valence-corrected chi connectivity index (χ1v) is 9.92. The number of amides is 1. The lowest BCUT2D eigenvalue weighted by Gasteiger charge is -2.34. The van der Waals surface area contributed by atoms with Crippen LogP contribution in [-0.2, 0) is 6.54 Å². The highest BCUT2D eigenvalue weighted by molar-refractivity contribution is 5.92. The molecule has 2 heterocycles. The van der Waals surface area contributed by atoms with E-state index in [0.29, 0.717) is 11.7 Å². The number of hydrogen-bond donors (Lipinski definition) is 1. The minimum Gasteiger partial charge on any atom is -0.366 e. The zero-order chi connectivity index (χ0) is 18.5. The molecule has 2 aliphatic rings. The molecule has 0 spiro atoms. The normalized spacial score (nSPS) is 18.6. The second-order valence-corrected chi connectivity index (χ2v) is 7.47. The van der Waals surface area contributed by atoms with Gasteiger partial charge in [0.05, 0.1) is 12.4 Å². The van der Waals surface area contributed by atoms with Crippen molar-refractivity contribution in [3.05, 3.63) is 54.0 Å². The molecule has 1 aromatic carbocycles. The van der Waals surface area contributed by atoms with E-state index >= 15 is 0 Å². The molecule has 0 radical (unpaired) electrons. The van der Waals surface area contributed by atoms with Crippen LogP contribution in [0, 0.1) is 0 Å². The van der Waals surface area contributed by atoms with Crippen LogP contribution in [-0.4, -0.2) is 57.9 Å². The SMILES string of the molecule is O=C(c1cnc(NC2CCCC2)cn1)N1CCN(Cc2ccccc2)CC1. The van der Waals surface area contributed by atoms with E-state index < -0.39 is 0 Å². The number of nitrogens with zero attached hydrogens (tertiary/aromatic N) is 4. The van der Waals surface area contributed by atoms with E-state index in [-0.39, 0.29) is 5.91 Å². The van der Waals surface area contributed by atoms with Crippen molar-refractivity contribution in [2.24, 2.45) is 0 Å². The zero-order valence-corrected chi connectivity index (χ0v) is 15.7. The molecule has 1 saturated carbocycles. The molecule has 1 amide bonds. The fraction of sp³-hybridized carbons (Fsp3) is 0.476. The summed E-state index contributed by atoms with van der Waals surface area (Å²) in [5, 5.41) is 3.41. The molecular formula is C21H27N5O. The number of aromatic nitrogens is 2. The van der Waals surface area contributed by atoms with Crippen LogP contribution in [0.1, 0.15) is 41.7 Å². The highest BCUT2D eigenvalue weighted by atomic mass is 16.2. The summed E-state index contributed by atoms with van der Waals surface area (Å²) in [6.07, 6.45) is 8.23. The Balaban J connectivity index is 1.28. The molecule has 142 valence electrons. The minimum atomic E-state index is -0.0192. The quantitative estimate of drug-likeness (QED) is 0.883. The first kappa shape index (κ1) is 17.9. The molecule has 2 fully saturated rings. The lowest BCUT2D eigenvalue weighted by molar-refractivity contribution is 0.0622. The number of rotatable bonds is 5. The van der Waals surface area contributed by atoms with Crippen molar-refractivity contribution in [2.45, 2.75) is 38.3 Å². The molecule has 1 N–H and O–H groups in total. The van der Waals surface area contributed by atoms with Gasteiger partial charge in [-0.3, -0.25) is 9.69 Å². The van der Waals surface area contributed by atoms with Crippen molar-refractivity contribution in [2.75, 3.05) is 31.5 Å². The highest BCUT2D eigenvalue weighted by Crippen LogP contribution is 2.21. The van der Waals surface area contributed by atoms with Gasteiger partial charge in [-0.25, -0.2) is 9.97 Å². The molecule has 1 aromatic heterocycles. The van der Waals surface area contributed by atoms with Gasteiger partial charge in [0.15, 0.2) is 0 Å². The van der Waals surface area contributed by atoms with E-state index in [1.54, 1.807) is 12.4 Å². The van der Waals surface area contributed by atoms with Gasteiger partial charge in [0.1, 0.15) is 11.5 Å². The van der Waals surface area contributed by atoms with Crippen LogP contribution in [0.4, 0.5) is 5.82 Å². The molecule has 27 heavy (non-hydrogen) atoms. The Hall–Kier alpha value is -2.47. The Bertz CT molecular complexity index is 735. The van der Waals surface area contributed by atoms with E-state index in [2.05, 4.69) is 44.5 Å². The Kier molecular flexibility index (Phi) is 5.63. The van der Waals surface area contributed by atoms with Crippen molar-refractivity contribution in [1.29, 1.82) is 0 Å². The number of anilines is 1. The Morgan fingerprint density at radius 3 is 2.41 bits per heavy atom. The second-order valence-electron chi connectivity index (χ2n) is 7.47. The van der Waals surface area contributed by atoms with Crippen LogP contribution in [0.25, 0.3) is 0 Å². The summed E-state index contributed by atoms with van der Waals surface area (Å²) in [4.78, 5) is 25.7. The van der Waals surface area contributed by atoms with Gasteiger partial charge in [-0.05, 0) is 18.4 Å². The maximum Gasteiger partial charge on any atom is 0.274 e. The van der Waals surface area contributed by atoms with Crippen LogP contribution < -0.4 is 5.32 Å². The van der Waals surface area contributed by atoms with E-state index in [0.717, 1.165) is 38.5 Å². The van der Waals surface area contributed by atoms with E-state index in [4.69, 9.17) is 0 Å². The molecular weight excluding hydrogens is 338 g/mol. The summed E-state index contributed by atoms with van der Waals surface area (Å²) in [6, 6.07) is 11.0. The zero-order valence-electron chi connectivity index (χ0n) is 15.7. The molecule has 0 unspecified atom stereocenters. The summed E-state index contributed by atoms with van der Waals surface area (Å²) in [5.74, 6) is 0.750. The fourth-order valence-corrected chi connectivity index (χ4v) is 3.90. The van der Waals surface area contributed by atoms with Crippen molar-refractivity contribution in [3.8, 4) is 0 Å². The van der Waals surface area contributed by atoms with Gasteiger partial charge in [0.2, 0.25) is 0 Å². The van der Waals surface area contributed by atoms with Crippen LogP contribution in [0.2, 0.25) is 0 Å². The van der Waals surface area contributed by atoms with Gasteiger partial charge in [0.25, 0.3) is 5.91 Å². The predicted molar refractivity (Wildman–Crippen MR) is 106 cm³/mol. The first-order chi connectivity index (χ1) is 13.3. The first-order valence-electron chi connectivity index (χ1n) is 9.92. The summed E-state index contributed by atoms with van der Waals surface area (Å²) < 4.78 is 0. The highest BCUT2D eigenvalue weighted by Gasteiger charge is 2.23. The van der Waals surface area contributed by atoms with Gasteiger partial charge in [-0.2, -0.15) is 0 Å². The molecule has 1 aliphatic carbocycles. The number of nitrogens with one attached hydrogen (secondary N) is 1. The summed E-state index contributed by atoms with van der Waals surface area (Å²) in [5.41, 5.74) is 1.75. The molecule has 1 aliphatic heterocycles. The third-order valence-corrected chi connectivity index (χ3v) is 5.49. The molecule has 2 aromatic rings. The van der Waals surface area contributed by atoms with Gasteiger partial charge in [0, 0.05) is 38.8 Å². The second kappa shape index (κ2) is 8.48. The Morgan fingerprint density at radius 1 is 1.00 bits per heavy atom. The third kappa shape index (κ3) is 4.63. The monoisotopic (exact) mass is 365 g/mol. The third-order valence-electron chi connectivity index (χ3n) is 5.49. The molecule has 1 saturated heterocycles. The van der Waals surface area contributed by atoms with Crippen LogP contribution in [0.5, 0.6) is 0 Å². The number of carbonyl (C=O) groups excluding carboxylic acids is 1. The topological polar surface area (TPSA) is 61.4 Å². The number of carbonyl (C=O) groups is 1. The van der Waals surface area contributed by atoms with Gasteiger partial charge >= 0.3 is 0 Å². The van der Waals surface area contributed by atoms with Crippen LogP contribution in [0.3, 0.4) is 0 Å². The van der Waals surface area contributed by atoms with Gasteiger partial charge < -0.3 is 10.2 Å². The number of piperazine rings is 1. The van der Waals surface area contributed by atoms with E-state index in [1.165, 1.54) is 31.2 Å². The maximum absolute atomic E-state index is 12.7. The van der Waals surface area contributed by atoms with Crippen molar-refractivity contribution in [3.63, 3.8) is 0 Å². The van der Waals surface area contributed by atoms with Gasteiger partial charge in [-0.15, -0.1) is 0 Å². The largest absolute Gasteiger partial charge is 0.366 e. The molecule has 6 heteroatoms. The molecule has 0 bridgehead atoms. The molecule has 4 rings (SSSR count).